The van der Waals surface area contributed by atoms with Crippen LogP contribution in [0.5, 0.6) is 5.75 Å². The van der Waals surface area contributed by atoms with Gasteiger partial charge in [0, 0.05) is 38.1 Å². The first-order chi connectivity index (χ1) is 14.2. The van der Waals surface area contributed by atoms with Gasteiger partial charge in [-0.05, 0) is 31.4 Å². The Bertz CT molecular complexity index is 834. The predicted octanol–water partition coefficient (Wildman–Crippen LogP) is 4.15. The lowest BCUT2D eigenvalue weighted by molar-refractivity contribution is -0.0265. The Balaban J connectivity index is 1.39. The molecule has 2 heterocycles. The van der Waals surface area contributed by atoms with Crippen LogP contribution in [0.3, 0.4) is 0 Å². The smallest absolute Gasteiger partial charge is 0.191 e. The molecule has 2 aromatic rings. The molecule has 0 radical (unpaired) electrons. The van der Waals surface area contributed by atoms with Crippen molar-refractivity contribution in [3.63, 3.8) is 0 Å². The van der Waals surface area contributed by atoms with Crippen LogP contribution >= 0.6 is 0 Å². The van der Waals surface area contributed by atoms with E-state index in [1.807, 2.05) is 19.2 Å². The van der Waals surface area contributed by atoms with Crippen molar-refractivity contribution in [3.05, 3.63) is 65.2 Å². The number of hydrogen-bond acceptors (Lipinski definition) is 3. The predicted molar refractivity (Wildman–Crippen MR) is 116 cm³/mol. The topological polar surface area (TPSA) is 54.9 Å². The van der Waals surface area contributed by atoms with Crippen molar-refractivity contribution in [3.8, 4) is 5.75 Å². The Kier molecular flexibility index (Phi) is 6.35. The van der Waals surface area contributed by atoms with Gasteiger partial charge in [-0.25, -0.2) is 0 Å². The van der Waals surface area contributed by atoms with E-state index in [9.17, 15) is 0 Å². The van der Waals surface area contributed by atoms with Crippen LogP contribution in [0, 0.1) is 12.8 Å². The van der Waals surface area contributed by atoms with Gasteiger partial charge in [-0.2, -0.15) is 0 Å². The molecule has 0 aliphatic carbocycles. The molecule has 2 aliphatic heterocycles. The Labute approximate surface area is 173 Å². The highest BCUT2D eigenvalue weighted by atomic mass is 16.5. The molecule has 4 rings (SSSR count). The average molecular weight is 394 g/mol. The second kappa shape index (κ2) is 9.31. The number of nitrogens with one attached hydrogen (secondary N) is 2. The van der Waals surface area contributed by atoms with E-state index in [0.717, 1.165) is 50.7 Å². The first kappa shape index (κ1) is 19.8. The summed E-state index contributed by atoms with van der Waals surface area (Å²) < 4.78 is 11.9. The van der Waals surface area contributed by atoms with Crippen molar-refractivity contribution < 1.29 is 9.47 Å². The van der Waals surface area contributed by atoms with E-state index < -0.39 is 0 Å². The molecule has 2 aromatic carbocycles. The SMILES string of the molecule is CN=C(NCC1CCCOC1c1ccc(C)cc1)NC1CCOc2ccccc21. The molecule has 1 saturated heterocycles. The number of guanidine groups is 1. The first-order valence-corrected chi connectivity index (χ1v) is 10.6. The molecule has 0 aromatic heterocycles. The molecule has 0 bridgehead atoms. The quantitative estimate of drug-likeness (QED) is 0.605. The van der Waals surface area contributed by atoms with Crippen LogP contribution < -0.4 is 15.4 Å². The minimum atomic E-state index is 0.138. The van der Waals surface area contributed by atoms with Gasteiger partial charge in [0.05, 0.1) is 18.8 Å². The Morgan fingerprint density at radius 3 is 2.72 bits per heavy atom. The third-order valence-corrected chi connectivity index (χ3v) is 5.88. The molecule has 2 N–H and O–H groups in total. The van der Waals surface area contributed by atoms with E-state index in [2.05, 4.69) is 58.9 Å². The number of rotatable bonds is 4. The largest absolute Gasteiger partial charge is 0.493 e. The van der Waals surface area contributed by atoms with Gasteiger partial charge >= 0.3 is 0 Å². The molecular formula is C24H31N3O2. The maximum atomic E-state index is 6.16. The van der Waals surface area contributed by atoms with E-state index in [1.54, 1.807) is 0 Å². The normalized spacial score (nSPS) is 24.3. The summed E-state index contributed by atoms with van der Waals surface area (Å²) in [5, 5.41) is 7.13. The number of aryl methyl sites for hydroxylation is 1. The molecule has 5 heteroatoms. The summed E-state index contributed by atoms with van der Waals surface area (Å²) in [5.41, 5.74) is 3.74. The number of hydrogen-bond donors (Lipinski definition) is 2. The zero-order valence-electron chi connectivity index (χ0n) is 17.4. The lowest BCUT2D eigenvalue weighted by atomic mass is 9.89. The van der Waals surface area contributed by atoms with Gasteiger partial charge in [-0.15, -0.1) is 0 Å². The molecule has 3 unspecified atom stereocenters. The van der Waals surface area contributed by atoms with Gasteiger partial charge in [-0.1, -0.05) is 48.0 Å². The molecular weight excluding hydrogens is 362 g/mol. The van der Waals surface area contributed by atoms with Crippen molar-refractivity contribution in [2.45, 2.75) is 38.3 Å². The van der Waals surface area contributed by atoms with E-state index >= 15 is 0 Å². The highest BCUT2D eigenvalue weighted by Crippen LogP contribution is 2.34. The summed E-state index contributed by atoms with van der Waals surface area (Å²) in [6, 6.07) is 17.2. The summed E-state index contributed by atoms with van der Waals surface area (Å²) in [4.78, 5) is 4.46. The van der Waals surface area contributed by atoms with E-state index in [1.165, 1.54) is 16.7 Å². The maximum absolute atomic E-state index is 6.16. The zero-order chi connectivity index (χ0) is 20.1. The molecule has 0 amide bonds. The second-order valence-electron chi connectivity index (χ2n) is 7.93. The summed E-state index contributed by atoms with van der Waals surface area (Å²) in [6.45, 7) is 4.51. The van der Waals surface area contributed by atoms with Gasteiger partial charge in [-0.3, -0.25) is 4.99 Å². The number of fused-ring (bicyclic) bond motifs is 1. The summed E-state index contributed by atoms with van der Waals surface area (Å²) in [5.74, 6) is 2.22. The van der Waals surface area contributed by atoms with Crippen LogP contribution in [0.25, 0.3) is 0 Å². The monoisotopic (exact) mass is 393 g/mol. The van der Waals surface area contributed by atoms with Crippen LogP contribution in [-0.4, -0.2) is 32.8 Å². The van der Waals surface area contributed by atoms with Crippen molar-refractivity contribution in [1.82, 2.24) is 10.6 Å². The van der Waals surface area contributed by atoms with E-state index in [-0.39, 0.29) is 12.1 Å². The fraction of sp³-hybridized carbons (Fsp3) is 0.458. The van der Waals surface area contributed by atoms with Crippen LogP contribution in [0.15, 0.2) is 53.5 Å². The van der Waals surface area contributed by atoms with Crippen LogP contribution in [0.1, 0.15) is 48.1 Å². The molecule has 5 nitrogen and oxygen atoms in total. The molecule has 2 aliphatic rings. The second-order valence-corrected chi connectivity index (χ2v) is 7.93. The lowest BCUT2D eigenvalue weighted by Crippen LogP contribution is -2.44. The molecule has 154 valence electrons. The number of aliphatic imine (C=N–C) groups is 1. The maximum Gasteiger partial charge on any atom is 0.191 e. The minimum absolute atomic E-state index is 0.138. The molecule has 29 heavy (non-hydrogen) atoms. The Morgan fingerprint density at radius 2 is 1.90 bits per heavy atom. The number of para-hydroxylation sites is 1. The lowest BCUT2D eigenvalue weighted by Gasteiger charge is -2.33. The molecule has 0 saturated carbocycles. The highest BCUT2D eigenvalue weighted by molar-refractivity contribution is 5.80. The minimum Gasteiger partial charge on any atom is -0.493 e. The van der Waals surface area contributed by atoms with Gasteiger partial charge in [0.2, 0.25) is 0 Å². The summed E-state index contributed by atoms with van der Waals surface area (Å²) in [6.07, 6.45) is 3.33. The Hall–Kier alpha value is -2.53. The van der Waals surface area contributed by atoms with Crippen molar-refractivity contribution in [1.29, 1.82) is 0 Å². The summed E-state index contributed by atoms with van der Waals surface area (Å²) in [7, 11) is 1.83. The fourth-order valence-electron chi connectivity index (χ4n) is 4.26. The molecule has 3 atom stereocenters. The van der Waals surface area contributed by atoms with Gasteiger partial charge in [0.25, 0.3) is 0 Å². The first-order valence-electron chi connectivity index (χ1n) is 10.6. The average Bonchev–Trinajstić information content (AvgIpc) is 2.77. The van der Waals surface area contributed by atoms with E-state index in [0.29, 0.717) is 5.92 Å². The standard InChI is InChI=1S/C24H31N3O2/c1-17-9-11-18(12-10-17)23-19(6-5-14-29-23)16-26-24(25-2)27-21-13-15-28-22-8-4-3-7-20(21)22/h3-4,7-12,19,21,23H,5-6,13-16H2,1-2H3,(H2,25,26,27). The van der Waals surface area contributed by atoms with Crippen molar-refractivity contribution >= 4 is 5.96 Å². The number of nitrogens with zero attached hydrogens (tertiary/aromatic N) is 1. The molecule has 0 spiro atoms. The van der Waals surface area contributed by atoms with E-state index in [4.69, 9.17) is 9.47 Å². The van der Waals surface area contributed by atoms with Gasteiger partial charge in [0.1, 0.15) is 5.75 Å². The number of ether oxygens (including phenoxy) is 2. The van der Waals surface area contributed by atoms with Gasteiger partial charge < -0.3 is 20.1 Å². The van der Waals surface area contributed by atoms with Crippen LogP contribution in [0.2, 0.25) is 0 Å². The zero-order valence-corrected chi connectivity index (χ0v) is 17.4. The van der Waals surface area contributed by atoms with Crippen molar-refractivity contribution in [2.75, 3.05) is 26.8 Å². The Morgan fingerprint density at radius 1 is 1.07 bits per heavy atom. The third-order valence-electron chi connectivity index (χ3n) is 5.88. The third kappa shape index (κ3) is 4.73. The van der Waals surface area contributed by atoms with Crippen molar-refractivity contribution in [2.24, 2.45) is 10.9 Å². The van der Waals surface area contributed by atoms with Crippen LogP contribution in [0.4, 0.5) is 0 Å². The number of benzene rings is 2. The van der Waals surface area contributed by atoms with Gasteiger partial charge in [0.15, 0.2) is 5.96 Å². The fourth-order valence-corrected chi connectivity index (χ4v) is 4.26. The summed E-state index contributed by atoms with van der Waals surface area (Å²) >= 11 is 0. The van der Waals surface area contributed by atoms with Crippen LogP contribution in [-0.2, 0) is 4.74 Å². The molecule has 1 fully saturated rings. The highest BCUT2D eigenvalue weighted by Gasteiger charge is 2.28.